The number of hydrogen-bond donors (Lipinski definition) is 0. The Morgan fingerprint density at radius 1 is 1.11 bits per heavy atom. The van der Waals surface area contributed by atoms with Gasteiger partial charge in [0.25, 0.3) is 0 Å². The molecule has 0 saturated heterocycles. The molecule has 0 aliphatic carbocycles. The van der Waals surface area contributed by atoms with Crippen LogP contribution < -0.4 is 9.47 Å². The number of nitrogens with zero attached hydrogens (tertiary/aromatic N) is 1. The second-order valence-electron chi connectivity index (χ2n) is 3.84. The third-order valence-electron chi connectivity index (χ3n) is 2.58. The Kier molecular flexibility index (Phi) is 4.25. The highest BCUT2D eigenvalue weighted by Crippen LogP contribution is 2.28. The molecular formula is C15H13NO3. The average molecular weight is 255 g/mol. The molecule has 0 bridgehead atoms. The van der Waals surface area contributed by atoms with E-state index in [1.165, 1.54) is 0 Å². The van der Waals surface area contributed by atoms with E-state index in [0.717, 1.165) is 5.56 Å². The number of rotatable bonds is 4. The van der Waals surface area contributed by atoms with Gasteiger partial charge in [0.05, 0.1) is 7.11 Å². The van der Waals surface area contributed by atoms with Gasteiger partial charge in [0.2, 0.25) is 0 Å². The van der Waals surface area contributed by atoms with Gasteiger partial charge in [-0.1, -0.05) is 30.3 Å². The summed E-state index contributed by atoms with van der Waals surface area (Å²) in [5.74, 6) is 1.16. The normalized spacial score (nSPS) is 9.32. The molecule has 96 valence electrons. The summed E-state index contributed by atoms with van der Waals surface area (Å²) in [5, 5.41) is 12.7. The van der Waals surface area contributed by atoms with Crippen molar-refractivity contribution in [3.05, 3.63) is 69.9 Å². The zero-order chi connectivity index (χ0) is 13.5. The van der Waals surface area contributed by atoms with Crippen molar-refractivity contribution in [3.63, 3.8) is 0 Å². The molecule has 2 aromatic carbocycles. The molecule has 4 nitrogen and oxygen atoms in total. The quantitative estimate of drug-likeness (QED) is 0.786. The van der Waals surface area contributed by atoms with Crippen molar-refractivity contribution >= 4 is 0 Å². The molecule has 0 aromatic heterocycles. The SMILES string of the molecule is COc1cc(C#[N+][O-])ccc1OCc1ccccc1. The van der Waals surface area contributed by atoms with Crippen molar-refractivity contribution in [3.8, 4) is 17.6 Å². The van der Waals surface area contributed by atoms with Gasteiger partial charge in [0.15, 0.2) is 11.5 Å². The van der Waals surface area contributed by atoms with E-state index in [4.69, 9.17) is 9.47 Å². The highest BCUT2D eigenvalue weighted by Gasteiger charge is 2.07. The smallest absolute Gasteiger partial charge is 0.336 e. The molecular weight excluding hydrogens is 242 g/mol. The molecule has 0 aliphatic heterocycles. The van der Waals surface area contributed by atoms with E-state index in [-0.39, 0.29) is 0 Å². The zero-order valence-corrected chi connectivity index (χ0v) is 10.5. The van der Waals surface area contributed by atoms with Crippen molar-refractivity contribution in [2.75, 3.05) is 7.11 Å². The Bertz CT molecular complexity index is 600. The molecule has 0 atom stereocenters. The maximum Gasteiger partial charge on any atom is 0.336 e. The summed E-state index contributed by atoms with van der Waals surface area (Å²) < 4.78 is 10.9. The minimum absolute atomic E-state index is 0.454. The molecule has 4 heteroatoms. The summed E-state index contributed by atoms with van der Waals surface area (Å²) in [6.07, 6.45) is 0. The van der Waals surface area contributed by atoms with Crippen LogP contribution in [-0.4, -0.2) is 7.11 Å². The van der Waals surface area contributed by atoms with Crippen molar-refractivity contribution in [1.82, 2.24) is 0 Å². The van der Waals surface area contributed by atoms with E-state index in [1.54, 1.807) is 25.3 Å². The highest BCUT2D eigenvalue weighted by molar-refractivity contribution is 5.47. The summed E-state index contributed by atoms with van der Waals surface area (Å²) >= 11 is 0. The fourth-order valence-corrected chi connectivity index (χ4v) is 1.64. The van der Waals surface area contributed by atoms with Crippen LogP contribution in [0.25, 0.3) is 5.01 Å². The Balaban J connectivity index is 2.13. The summed E-state index contributed by atoms with van der Waals surface area (Å²) in [6, 6.07) is 17.2. The topological polar surface area (TPSA) is 45.9 Å². The lowest BCUT2D eigenvalue weighted by molar-refractivity contribution is 0.284. The zero-order valence-electron chi connectivity index (χ0n) is 10.5. The van der Waals surface area contributed by atoms with Gasteiger partial charge in [-0.2, -0.15) is 0 Å². The van der Waals surface area contributed by atoms with Crippen LogP contribution in [0.5, 0.6) is 11.5 Å². The molecule has 19 heavy (non-hydrogen) atoms. The minimum Gasteiger partial charge on any atom is -0.498 e. The largest absolute Gasteiger partial charge is 0.498 e. The first kappa shape index (κ1) is 12.8. The minimum atomic E-state index is 0.454. The van der Waals surface area contributed by atoms with Crippen LogP contribution in [-0.2, 0) is 6.61 Å². The predicted octanol–water partition coefficient (Wildman–Crippen LogP) is 3.45. The number of methoxy groups -OCH3 is 1. The van der Waals surface area contributed by atoms with E-state index in [0.29, 0.717) is 23.7 Å². The number of ether oxygens (including phenoxy) is 2. The standard InChI is InChI=1S/C15H13NO3/c1-18-15-9-13(10-16-17)7-8-14(15)19-11-12-5-3-2-4-6-12/h2-9H,11H2,1H3. The van der Waals surface area contributed by atoms with Crippen molar-refractivity contribution in [2.24, 2.45) is 0 Å². The maximum atomic E-state index is 10.1. The Morgan fingerprint density at radius 3 is 2.58 bits per heavy atom. The summed E-state index contributed by atoms with van der Waals surface area (Å²) in [4.78, 5) is 0. The predicted molar refractivity (Wildman–Crippen MR) is 73.5 cm³/mol. The average Bonchev–Trinajstić information content (AvgIpc) is 2.47. The molecule has 0 N–H and O–H groups in total. The van der Waals surface area contributed by atoms with E-state index in [9.17, 15) is 5.21 Å². The van der Waals surface area contributed by atoms with Crippen molar-refractivity contribution < 1.29 is 9.47 Å². The maximum absolute atomic E-state index is 10.1. The summed E-state index contributed by atoms with van der Waals surface area (Å²) in [5.41, 5.74) is 1.63. The lowest BCUT2D eigenvalue weighted by atomic mass is 10.2. The Hall–Kier alpha value is -2.67. The molecule has 0 saturated carbocycles. The molecule has 0 unspecified atom stereocenters. The fourth-order valence-electron chi connectivity index (χ4n) is 1.64. The third-order valence-corrected chi connectivity index (χ3v) is 2.58. The molecule has 0 fully saturated rings. The van der Waals surface area contributed by atoms with E-state index >= 15 is 0 Å². The van der Waals surface area contributed by atoms with Crippen LogP contribution in [0.1, 0.15) is 11.1 Å². The van der Waals surface area contributed by atoms with Gasteiger partial charge in [0.1, 0.15) is 12.2 Å². The Morgan fingerprint density at radius 2 is 1.89 bits per heavy atom. The summed E-state index contributed by atoms with van der Waals surface area (Å²) in [6.45, 7) is 0.454. The first-order valence-electron chi connectivity index (χ1n) is 5.76. The van der Waals surface area contributed by atoms with Crippen LogP contribution in [0.3, 0.4) is 0 Å². The lowest BCUT2D eigenvalue weighted by Gasteiger charge is -2.10. The van der Waals surface area contributed by atoms with Gasteiger partial charge in [-0.15, -0.1) is 0 Å². The third kappa shape index (κ3) is 3.39. The first-order valence-corrected chi connectivity index (χ1v) is 5.76. The molecule has 0 aliphatic rings. The molecule has 2 rings (SSSR count). The fraction of sp³-hybridized carbons (Fsp3) is 0.133. The van der Waals surface area contributed by atoms with Crippen molar-refractivity contribution in [2.45, 2.75) is 6.61 Å². The van der Waals surface area contributed by atoms with Crippen LogP contribution in [0.15, 0.2) is 48.5 Å². The number of benzene rings is 2. The van der Waals surface area contributed by atoms with Crippen LogP contribution in [0.2, 0.25) is 0 Å². The van der Waals surface area contributed by atoms with Gasteiger partial charge in [-0.05, 0) is 17.7 Å². The van der Waals surface area contributed by atoms with Gasteiger partial charge in [-0.25, -0.2) is 0 Å². The van der Waals surface area contributed by atoms with E-state index < -0.39 is 0 Å². The van der Waals surface area contributed by atoms with Crippen LogP contribution >= 0.6 is 0 Å². The second kappa shape index (κ2) is 6.31. The van der Waals surface area contributed by atoms with E-state index in [2.05, 4.69) is 11.1 Å². The van der Waals surface area contributed by atoms with Gasteiger partial charge < -0.3 is 14.7 Å². The summed E-state index contributed by atoms with van der Waals surface area (Å²) in [7, 11) is 1.54. The van der Waals surface area contributed by atoms with Crippen LogP contribution in [0, 0.1) is 11.3 Å². The second-order valence-corrected chi connectivity index (χ2v) is 3.84. The van der Waals surface area contributed by atoms with Gasteiger partial charge >= 0.3 is 6.07 Å². The number of hydrogen-bond acceptors (Lipinski definition) is 3. The van der Waals surface area contributed by atoms with E-state index in [1.807, 2.05) is 30.3 Å². The van der Waals surface area contributed by atoms with Crippen molar-refractivity contribution in [1.29, 1.82) is 0 Å². The highest BCUT2D eigenvalue weighted by atomic mass is 16.5. The Labute approximate surface area is 111 Å². The monoisotopic (exact) mass is 255 g/mol. The first-order chi connectivity index (χ1) is 9.33. The molecule has 0 spiro atoms. The molecule has 0 amide bonds. The van der Waals surface area contributed by atoms with Gasteiger partial charge in [-0.3, -0.25) is 0 Å². The molecule has 2 aromatic rings. The van der Waals surface area contributed by atoms with Crippen LogP contribution in [0.4, 0.5) is 0 Å². The lowest BCUT2D eigenvalue weighted by Crippen LogP contribution is -1.97. The van der Waals surface area contributed by atoms with Gasteiger partial charge in [0, 0.05) is 11.1 Å². The molecule has 0 heterocycles. The molecule has 0 radical (unpaired) electrons.